The van der Waals surface area contributed by atoms with Gasteiger partial charge in [0.1, 0.15) is 13.6 Å². The molecule has 4 N–H and O–H groups in total. The van der Waals surface area contributed by atoms with Crippen LogP contribution in [0.5, 0.6) is 0 Å². The average molecular weight is 324 g/mol. The smallest absolute Gasteiger partial charge is 0.260 e. The molecule has 0 bridgehead atoms. The van der Waals surface area contributed by atoms with Gasteiger partial charge < -0.3 is 15.5 Å². The van der Waals surface area contributed by atoms with Gasteiger partial charge in [-0.3, -0.25) is 14.9 Å². The van der Waals surface area contributed by atoms with Crippen LogP contribution in [0.1, 0.15) is 22.3 Å². The fourth-order valence-corrected chi connectivity index (χ4v) is 2.78. The van der Waals surface area contributed by atoms with Crippen LogP contribution in [0.3, 0.4) is 0 Å². The van der Waals surface area contributed by atoms with E-state index < -0.39 is 11.8 Å². The van der Waals surface area contributed by atoms with Gasteiger partial charge in [-0.2, -0.15) is 0 Å². The summed E-state index contributed by atoms with van der Waals surface area (Å²) >= 11 is 0. The van der Waals surface area contributed by atoms with Gasteiger partial charge in [0.15, 0.2) is 5.76 Å². The van der Waals surface area contributed by atoms with Gasteiger partial charge in [0.2, 0.25) is 0 Å². The number of aliphatic hydroxyl groups is 2. The molecule has 122 valence electrons. The molecule has 1 aliphatic heterocycles. The molecule has 0 aromatic heterocycles. The van der Waals surface area contributed by atoms with Crippen molar-refractivity contribution in [3.05, 3.63) is 59.2 Å². The molecule has 3 rings (SSSR count). The van der Waals surface area contributed by atoms with E-state index in [0.29, 0.717) is 29.7 Å². The highest BCUT2D eigenvalue weighted by Crippen LogP contribution is 2.23. The predicted octanol–water partition coefficient (Wildman–Crippen LogP) is 0.0492. The maximum atomic E-state index is 12.1. The Balaban J connectivity index is 1.77. The van der Waals surface area contributed by atoms with Crippen LogP contribution in [0.25, 0.3) is 5.57 Å². The minimum absolute atomic E-state index is 0.00279. The van der Waals surface area contributed by atoms with Gasteiger partial charge in [-0.25, -0.2) is 0 Å². The Labute approximate surface area is 140 Å². The molecule has 0 spiro atoms. The van der Waals surface area contributed by atoms with Crippen molar-refractivity contribution in [3.8, 4) is 0 Å². The van der Waals surface area contributed by atoms with Crippen molar-refractivity contribution in [1.82, 2.24) is 10.6 Å². The van der Waals surface area contributed by atoms with Crippen LogP contribution >= 0.6 is 0 Å². The molecule has 1 aliphatic carbocycles. The van der Waals surface area contributed by atoms with E-state index in [-0.39, 0.29) is 17.4 Å². The second-order valence-corrected chi connectivity index (χ2v) is 5.95. The fraction of sp³-hybridized carbons (Fsp3) is 0.176. The van der Waals surface area contributed by atoms with E-state index in [2.05, 4.69) is 10.6 Å². The molecule has 1 unspecified atom stereocenters. The van der Waals surface area contributed by atoms with Crippen LogP contribution in [0, 0.1) is 5.92 Å². The Morgan fingerprint density at radius 3 is 2.79 bits per heavy atom. The van der Waals surface area contributed by atoms with Crippen LogP contribution < -0.4 is 16.1 Å². The van der Waals surface area contributed by atoms with Crippen molar-refractivity contribution in [1.29, 1.82) is 0 Å². The molecule has 2 amide bonds. The van der Waals surface area contributed by atoms with Gasteiger partial charge in [0.05, 0.1) is 5.57 Å². The van der Waals surface area contributed by atoms with E-state index in [4.69, 9.17) is 0 Å². The highest BCUT2D eigenvalue weighted by Gasteiger charge is 2.27. The zero-order valence-corrected chi connectivity index (χ0v) is 13.2. The highest BCUT2D eigenvalue weighted by atomic mass is 16.3. The molecule has 24 heavy (non-hydrogen) atoms. The van der Waals surface area contributed by atoms with E-state index >= 15 is 0 Å². The summed E-state index contributed by atoms with van der Waals surface area (Å²) in [7, 11) is 1.90. The van der Waals surface area contributed by atoms with E-state index in [9.17, 15) is 19.8 Å². The summed E-state index contributed by atoms with van der Waals surface area (Å²) in [5.74, 6) is -0.987. The minimum atomic E-state index is -0.440. The third-order valence-corrected chi connectivity index (χ3v) is 4.09. The number of aliphatic hydroxyl groups excluding tert-OH is 2. The summed E-state index contributed by atoms with van der Waals surface area (Å²) in [6, 6.07) is 5.34. The molecule has 0 saturated heterocycles. The second-order valence-electron chi connectivity index (χ2n) is 5.95. The number of amides is 2. The normalized spacial score (nSPS) is 21.7. The van der Waals surface area contributed by atoms with E-state index in [1.54, 1.807) is 18.3 Å². The zero-order valence-electron chi connectivity index (χ0n) is 13.2. The molecule has 0 fully saturated rings. The first-order valence-corrected chi connectivity index (χ1v) is 7.65. The topological polar surface area (TPSA) is 98.7 Å². The van der Waals surface area contributed by atoms with Crippen molar-refractivity contribution in [2.45, 2.75) is 6.42 Å². The number of benzene rings is 1. The number of hydrogen-bond donors (Lipinski definition) is 4. The highest BCUT2D eigenvalue weighted by molar-refractivity contribution is 6.35. The van der Waals surface area contributed by atoms with E-state index in [1.807, 2.05) is 20.0 Å². The molecule has 0 saturated carbocycles. The van der Waals surface area contributed by atoms with Gasteiger partial charge >= 0.3 is 0 Å². The quantitative estimate of drug-likeness (QED) is 0.358. The van der Waals surface area contributed by atoms with Crippen molar-refractivity contribution >= 4 is 30.7 Å². The Morgan fingerprint density at radius 1 is 1.25 bits per heavy atom. The first-order valence-electron chi connectivity index (χ1n) is 7.65. The number of allylic oxidation sites excluding steroid dienone is 2. The lowest BCUT2D eigenvalue weighted by molar-refractivity contribution is -0.114. The Bertz CT molecular complexity index is 811. The number of carbonyl (C=O) groups excluding carboxylic acids is 2. The van der Waals surface area contributed by atoms with Crippen molar-refractivity contribution in [3.63, 3.8) is 0 Å². The molecule has 7 heteroatoms. The zero-order chi connectivity index (χ0) is 17.3. The molecule has 1 aromatic carbocycles. The third kappa shape index (κ3) is 3.06. The fourth-order valence-electron chi connectivity index (χ4n) is 2.78. The maximum absolute atomic E-state index is 12.1. The number of nitrogens with one attached hydrogen (secondary N) is 2. The lowest BCUT2D eigenvalue weighted by Gasteiger charge is -2.20. The van der Waals surface area contributed by atoms with Crippen LogP contribution in [0.15, 0.2) is 48.1 Å². The first kappa shape index (κ1) is 15.9. The van der Waals surface area contributed by atoms with Gasteiger partial charge in [0, 0.05) is 36.2 Å². The van der Waals surface area contributed by atoms with Crippen LogP contribution in [0.2, 0.25) is 0 Å². The number of imide groups is 1. The molecule has 1 heterocycles. The van der Waals surface area contributed by atoms with Crippen LogP contribution in [0.4, 0.5) is 0 Å². The number of fused-ring (bicyclic) bond motifs is 1. The molecular weight excluding hydrogens is 307 g/mol. The lowest BCUT2D eigenvalue weighted by atomic mass is 9.87. The molecule has 1 aromatic rings. The minimum Gasteiger partial charge on any atom is -0.508 e. The maximum Gasteiger partial charge on any atom is 0.260 e. The van der Waals surface area contributed by atoms with Crippen molar-refractivity contribution in [2.24, 2.45) is 5.92 Å². The summed E-state index contributed by atoms with van der Waals surface area (Å²) < 4.78 is 0. The van der Waals surface area contributed by atoms with Gasteiger partial charge in [-0.1, -0.05) is 23.7 Å². The summed E-state index contributed by atoms with van der Waals surface area (Å²) in [6.45, 7) is 0.486. The Hall–Kier alpha value is -2.96. The SMILES string of the molecule is Bc1ccc2c(c1)/C(=C/NCC1C=CC(O)=C(O)C1)C(=O)NC2=O. The monoisotopic (exact) mass is 324 g/mol. The Morgan fingerprint density at radius 2 is 2.04 bits per heavy atom. The summed E-state index contributed by atoms with van der Waals surface area (Å²) in [5, 5.41) is 24.3. The number of carbonyl (C=O) groups is 2. The molecule has 2 aliphatic rings. The predicted molar refractivity (Wildman–Crippen MR) is 92.6 cm³/mol. The van der Waals surface area contributed by atoms with Gasteiger partial charge in [-0.15, -0.1) is 0 Å². The molecule has 1 atom stereocenters. The molecule has 6 nitrogen and oxygen atoms in total. The Kier molecular flexibility index (Phi) is 4.16. The van der Waals surface area contributed by atoms with Crippen LogP contribution in [-0.2, 0) is 4.79 Å². The first-order chi connectivity index (χ1) is 11.5. The van der Waals surface area contributed by atoms with Gasteiger partial charge in [-0.05, 0) is 12.1 Å². The largest absolute Gasteiger partial charge is 0.508 e. The van der Waals surface area contributed by atoms with Crippen LogP contribution in [-0.4, -0.2) is 36.4 Å². The molecule has 0 radical (unpaired) electrons. The van der Waals surface area contributed by atoms with Gasteiger partial charge in [0.25, 0.3) is 11.8 Å². The average Bonchev–Trinajstić information content (AvgIpc) is 2.53. The number of hydrogen-bond acceptors (Lipinski definition) is 5. The van der Waals surface area contributed by atoms with Crippen molar-refractivity contribution in [2.75, 3.05) is 6.54 Å². The summed E-state index contributed by atoms with van der Waals surface area (Å²) in [6.07, 6.45) is 5.17. The van der Waals surface area contributed by atoms with Crippen molar-refractivity contribution < 1.29 is 19.8 Å². The lowest BCUT2D eigenvalue weighted by Crippen LogP contribution is -2.37. The summed E-state index contributed by atoms with van der Waals surface area (Å²) in [4.78, 5) is 24.0. The number of rotatable bonds is 3. The van der Waals surface area contributed by atoms with E-state index in [1.165, 1.54) is 6.08 Å². The second kappa shape index (κ2) is 6.27. The standard InChI is InChI=1S/C17H17BN2O4/c18-10-2-3-11-12(6-10)13(17(24)20-16(11)23)8-19-7-9-1-4-14(21)15(22)5-9/h1-4,6,8-9,19,21-22H,5,7,18H2,(H,20,23,24)/b13-8-. The third-order valence-electron chi connectivity index (χ3n) is 4.09. The molecular formula is C17H17BN2O4. The summed E-state index contributed by atoms with van der Waals surface area (Å²) in [5.41, 5.74) is 2.44. The van der Waals surface area contributed by atoms with E-state index in [0.717, 1.165) is 5.46 Å².